The Kier molecular flexibility index (Phi) is 5.12. The summed E-state index contributed by atoms with van der Waals surface area (Å²) in [6.07, 6.45) is 3.44. The minimum absolute atomic E-state index is 0.0930. The lowest BCUT2D eigenvalue weighted by Gasteiger charge is -2.43. The monoisotopic (exact) mass is 490 g/mol. The highest BCUT2D eigenvalue weighted by molar-refractivity contribution is 6.25. The van der Waals surface area contributed by atoms with Crippen molar-refractivity contribution in [2.24, 2.45) is 11.1 Å². The van der Waals surface area contributed by atoms with Crippen LogP contribution in [0, 0.1) is 5.41 Å². The number of nitrogens with zero attached hydrogens (tertiary/aromatic N) is 1. The molecule has 0 radical (unpaired) electrons. The van der Waals surface area contributed by atoms with Crippen molar-refractivity contribution in [2.45, 2.75) is 78.7 Å². The van der Waals surface area contributed by atoms with Crippen molar-refractivity contribution in [3.8, 4) is 0 Å². The van der Waals surface area contributed by atoms with Crippen LogP contribution in [0.1, 0.15) is 78.0 Å². The Morgan fingerprint density at radius 1 is 1.14 bits per heavy atom. The van der Waals surface area contributed by atoms with Gasteiger partial charge in [-0.25, -0.2) is 4.79 Å². The second-order valence-electron chi connectivity index (χ2n) is 11.6. The molecule has 0 saturated heterocycles. The first-order valence-corrected chi connectivity index (χ1v) is 12.6. The molecule has 0 saturated carbocycles. The molecule has 0 fully saturated rings. The minimum Gasteiger partial charge on any atom is -0.462 e. The van der Waals surface area contributed by atoms with Crippen LogP contribution in [0.5, 0.6) is 0 Å². The van der Waals surface area contributed by atoms with Crippen LogP contribution in [0.2, 0.25) is 0 Å². The van der Waals surface area contributed by atoms with Gasteiger partial charge in [0.05, 0.1) is 23.4 Å². The van der Waals surface area contributed by atoms with Gasteiger partial charge in [0.25, 0.3) is 0 Å². The Bertz CT molecular complexity index is 1340. The molecule has 1 aliphatic carbocycles. The third-order valence-corrected chi connectivity index (χ3v) is 7.85. The van der Waals surface area contributed by atoms with Gasteiger partial charge in [-0.05, 0) is 56.7 Å². The van der Waals surface area contributed by atoms with Crippen molar-refractivity contribution in [1.29, 1.82) is 0 Å². The molecule has 1 spiro atoms. The normalized spacial score (nSPS) is 25.5. The predicted octanol–water partition coefficient (Wildman–Crippen LogP) is 4.44. The summed E-state index contributed by atoms with van der Waals surface area (Å²) in [6.45, 7) is 13.8. The molecule has 2 N–H and O–H groups in total. The van der Waals surface area contributed by atoms with Crippen molar-refractivity contribution in [1.82, 2.24) is 0 Å². The van der Waals surface area contributed by atoms with E-state index in [0.717, 1.165) is 28.8 Å². The van der Waals surface area contributed by atoms with Crippen molar-refractivity contribution >= 4 is 28.9 Å². The maximum atomic E-state index is 14.9. The number of anilines is 1. The molecule has 3 aliphatic heterocycles. The van der Waals surface area contributed by atoms with E-state index in [1.165, 1.54) is 0 Å². The van der Waals surface area contributed by atoms with E-state index >= 15 is 0 Å². The Hall–Kier alpha value is -3.35. The molecular formula is C29H34N2O5. The zero-order valence-electron chi connectivity index (χ0n) is 22.1. The third-order valence-electron chi connectivity index (χ3n) is 7.85. The number of nitrogens with two attached hydrogens (primary N) is 1. The van der Waals surface area contributed by atoms with Crippen LogP contribution in [0.4, 0.5) is 5.69 Å². The van der Waals surface area contributed by atoms with Crippen LogP contribution < -0.4 is 10.6 Å². The molecule has 5 rings (SSSR count). The van der Waals surface area contributed by atoms with Crippen LogP contribution in [-0.4, -0.2) is 29.8 Å². The van der Waals surface area contributed by atoms with Gasteiger partial charge in [-0.2, -0.15) is 0 Å². The number of fused-ring (bicyclic) bond motifs is 2. The number of ether oxygens (including phenoxy) is 2. The first-order chi connectivity index (χ1) is 16.8. The molecule has 3 heterocycles. The summed E-state index contributed by atoms with van der Waals surface area (Å²) in [6, 6.07) is 4.05. The quantitative estimate of drug-likeness (QED) is 0.629. The van der Waals surface area contributed by atoms with Crippen molar-refractivity contribution < 1.29 is 23.9 Å². The lowest BCUT2D eigenvalue weighted by molar-refractivity contribution is -0.141. The van der Waals surface area contributed by atoms with Gasteiger partial charge in [-0.3, -0.25) is 9.59 Å². The minimum atomic E-state index is -1.72. The predicted molar refractivity (Wildman–Crippen MR) is 137 cm³/mol. The number of carbonyl (C=O) groups is 3. The zero-order valence-corrected chi connectivity index (χ0v) is 22.1. The number of ketones is 1. The SMILES string of the molecule is CCOC(=O)C1=C(N)OC2=C(C(=O)CC(C)(C)C2)C12C(=O)N1c3c(cc(CC)cc32)C(C)=CC1(C)C. The number of hydrogen-bond acceptors (Lipinski definition) is 6. The van der Waals surface area contributed by atoms with E-state index in [0.29, 0.717) is 17.7 Å². The topological polar surface area (TPSA) is 98.9 Å². The van der Waals surface area contributed by atoms with Gasteiger partial charge in [-0.1, -0.05) is 32.9 Å². The van der Waals surface area contributed by atoms with Gasteiger partial charge in [0, 0.05) is 24.0 Å². The molecule has 1 unspecified atom stereocenters. The fourth-order valence-electron chi connectivity index (χ4n) is 6.54. The molecule has 0 aromatic heterocycles. The van der Waals surface area contributed by atoms with E-state index in [1.807, 2.05) is 47.6 Å². The van der Waals surface area contributed by atoms with Crippen LogP contribution in [0.15, 0.2) is 41.0 Å². The number of rotatable bonds is 3. The average Bonchev–Trinajstić information content (AvgIpc) is 3.00. The molecule has 4 aliphatic rings. The Morgan fingerprint density at radius 3 is 2.47 bits per heavy atom. The summed E-state index contributed by atoms with van der Waals surface area (Å²) in [4.78, 5) is 44.1. The molecule has 7 heteroatoms. The molecule has 190 valence electrons. The fraction of sp³-hybridized carbons (Fsp3) is 0.483. The Balaban J connectivity index is 1.96. The number of amides is 1. The van der Waals surface area contributed by atoms with E-state index in [4.69, 9.17) is 15.2 Å². The molecule has 1 atom stereocenters. The summed E-state index contributed by atoms with van der Waals surface area (Å²) in [5, 5.41) is 0. The van der Waals surface area contributed by atoms with Gasteiger partial charge in [-0.15, -0.1) is 0 Å². The molecule has 0 bridgehead atoms. The number of allylic oxidation sites excluding steroid dienone is 2. The van der Waals surface area contributed by atoms with Crippen LogP contribution in [0.25, 0.3) is 5.57 Å². The second-order valence-corrected chi connectivity index (χ2v) is 11.6. The summed E-state index contributed by atoms with van der Waals surface area (Å²) < 4.78 is 11.4. The number of benzene rings is 1. The largest absolute Gasteiger partial charge is 0.462 e. The Labute approximate surface area is 212 Å². The molecule has 7 nitrogen and oxygen atoms in total. The van der Waals surface area contributed by atoms with Crippen molar-refractivity contribution in [2.75, 3.05) is 11.5 Å². The van der Waals surface area contributed by atoms with Gasteiger partial charge in [0.15, 0.2) is 5.78 Å². The van der Waals surface area contributed by atoms with E-state index in [-0.39, 0.29) is 47.2 Å². The number of esters is 1. The summed E-state index contributed by atoms with van der Waals surface area (Å²) in [5.41, 5.74) is 8.11. The highest BCUT2D eigenvalue weighted by atomic mass is 16.5. The first kappa shape index (κ1) is 24.3. The molecule has 36 heavy (non-hydrogen) atoms. The van der Waals surface area contributed by atoms with E-state index in [2.05, 4.69) is 12.1 Å². The number of hydrogen-bond donors (Lipinski definition) is 1. The van der Waals surface area contributed by atoms with Crippen molar-refractivity contribution in [3.05, 3.63) is 57.7 Å². The van der Waals surface area contributed by atoms with E-state index in [9.17, 15) is 14.4 Å². The number of aryl methyl sites for hydroxylation is 1. The smallest absolute Gasteiger partial charge is 0.341 e. The lowest BCUT2D eigenvalue weighted by Crippen LogP contribution is -2.56. The van der Waals surface area contributed by atoms with Gasteiger partial charge < -0.3 is 20.1 Å². The standard InChI is InChI=1S/C29H34N2O5/c1-8-16-10-17-15(3)12-28(6,7)31-23(17)18(11-16)29(26(31)34)21-19(32)13-27(4,5)14-20(21)36-24(30)22(29)25(33)35-9-2/h10-12H,8-9,13-14,30H2,1-7H3. The third kappa shape index (κ3) is 3.01. The summed E-state index contributed by atoms with van der Waals surface area (Å²) in [5.74, 6) is -1.12. The molecule has 1 amide bonds. The molecule has 1 aromatic carbocycles. The van der Waals surface area contributed by atoms with Gasteiger partial charge >= 0.3 is 5.97 Å². The first-order valence-electron chi connectivity index (χ1n) is 12.6. The van der Waals surface area contributed by atoms with Crippen LogP contribution >= 0.6 is 0 Å². The fourth-order valence-corrected chi connectivity index (χ4v) is 6.54. The molecule has 1 aromatic rings. The summed E-state index contributed by atoms with van der Waals surface area (Å²) >= 11 is 0. The Morgan fingerprint density at radius 2 is 1.83 bits per heavy atom. The second kappa shape index (κ2) is 7.58. The van der Waals surface area contributed by atoms with E-state index < -0.39 is 16.9 Å². The number of carbonyl (C=O) groups excluding carboxylic acids is 3. The highest BCUT2D eigenvalue weighted by Crippen LogP contribution is 2.61. The molecular weight excluding hydrogens is 456 g/mol. The van der Waals surface area contributed by atoms with Gasteiger partial charge in [0.1, 0.15) is 16.7 Å². The lowest BCUT2D eigenvalue weighted by atomic mass is 9.61. The van der Waals surface area contributed by atoms with Gasteiger partial charge in [0.2, 0.25) is 11.8 Å². The maximum Gasteiger partial charge on any atom is 0.341 e. The van der Waals surface area contributed by atoms with Crippen LogP contribution in [0.3, 0.4) is 0 Å². The summed E-state index contributed by atoms with van der Waals surface area (Å²) in [7, 11) is 0. The average molecular weight is 491 g/mol. The number of Topliss-reactive ketones (excluding diaryl/α,β-unsaturated/α-hetero) is 1. The maximum absolute atomic E-state index is 14.9. The van der Waals surface area contributed by atoms with Crippen LogP contribution in [-0.2, 0) is 35.7 Å². The van der Waals surface area contributed by atoms with E-state index in [1.54, 1.807) is 11.8 Å². The zero-order chi connectivity index (χ0) is 26.4. The highest BCUT2D eigenvalue weighted by Gasteiger charge is 2.67. The van der Waals surface area contributed by atoms with Crippen molar-refractivity contribution in [3.63, 3.8) is 0 Å².